The topological polar surface area (TPSA) is 50.2 Å². The average Bonchev–Trinajstić information content (AvgIpc) is 2.91. The molecular weight excluding hydrogens is 399 g/mol. The molecule has 1 aliphatic rings. The highest BCUT2D eigenvalue weighted by molar-refractivity contribution is 9.10. The summed E-state index contributed by atoms with van der Waals surface area (Å²) in [4.78, 5) is 20.2. The summed E-state index contributed by atoms with van der Waals surface area (Å²) in [5.74, 6) is 0.367. The van der Waals surface area contributed by atoms with Gasteiger partial charge in [-0.25, -0.2) is 9.37 Å². The van der Waals surface area contributed by atoms with Gasteiger partial charge in [0.2, 0.25) is 0 Å². The second-order valence-corrected chi connectivity index (χ2v) is 7.60. The largest absolute Gasteiger partial charge is 0.315 e. The number of nitrogens with one attached hydrogen (secondary N) is 1. The van der Waals surface area contributed by atoms with Gasteiger partial charge in [0.25, 0.3) is 5.56 Å². The number of benzene rings is 1. The Morgan fingerprint density at radius 1 is 1.31 bits per heavy atom. The molecule has 1 fully saturated rings. The van der Waals surface area contributed by atoms with E-state index in [0.717, 1.165) is 51.3 Å². The van der Waals surface area contributed by atoms with E-state index in [2.05, 4.69) is 33.1 Å². The van der Waals surface area contributed by atoms with Crippen molar-refractivity contribution in [3.63, 3.8) is 0 Å². The van der Waals surface area contributed by atoms with Gasteiger partial charge in [-0.3, -0.25) is 14.3 Å². The van der Waals surface area contributed by atoms with Crippen molar-refractivity contribution in [1.82, 2.24) is 19.8 Å². The summed E-state index contributed by atoms with van der Waals surface area (Å²) < 4.78 is 16.1. The second kappa shape index (κ2) is 8.59. The maximum atomic E-state index is 14.0. The molecule has 1 N–H and O–H groups in total. The molecule has 1 saturated heterocycles. The third kappa shape index (κ3) is 3.85. The Morgan fingerprint density at radius 2 is 2.12 bits per heavy atom. The molecule has 0 bridgehead atoms. The molecule has 1 aromatic heterocycles. The molecular formula is C19H26BrFN4O. The predicted octanol–water partition coefficient (Wildman–Crippen LogP) is 3.45. The Labute approximate surface area is 161 Å². The van der Waals surface area contributed by atoms with Crippen LogP contribution in [-0.4, -0.2) is 40.6 Å². The fraction of sp³-hybridized carbons (Fsp3) is 0.579. The van der Waals surface area contributed by atoms with E-state index >= 15 is 0 Å². The highest BCUT2D eigenvalue weighted by Crippen LogP contribution is 2.27. The number of halogens is 2. The van der Waals surface area contributed by atoms with Crippen molar-refractivity contribution in [1.29, 1.82) is 0 Å². The monoisotopic (exact) mass is 424 g/mol. The van der Waals surface area contributed by atoms with Gasteiger partial charge in [-0.15, -0.1) is 0 Å². The van der Waals surface area contributed by atoms with E-state index < -0.39 is 5.82 Å². The molecule has 0 amide bonds. The Bertz CT molecular complexity index is 830. The predicted molar refractivity (Wildman–Crippen MR) is 106 cm³/mol. The zero-order valence-corrected chi connectivity index (χ0v) is 17.0. The van der Waals surface area contributed by atoms with Crippen molar-refractivity contribution in [2.75, 3.05) is 26.2 Å². The molecule has 1 aromatic carbocycles. The molecule has 0 spiro atoms. The standard InChI is InChI=1S/C19H26BrFN4O/c1-3-6-17(24-9-5-7-22-8-10-24)18-23-16-12-15(21)14(20)11-13(16)19(26)25(18)4-2/h11-12,17,22H,3-10H2,1-2H3/t17-/m0/s1. The van der Waals surface area contributed by atoms with Gasteiger partial charge in [0.1, 0.15) is 11.6 Å². The van der Waals surface area contributed by atoms with Gasteiger partial charge >= 0.3 is 0 Å². The number of rotatable bonds is 5. The summed E-state index contributed by atoms with van der Waals surface area (Å²) in [6, 6.07) is 2.97. The molecule has 1 aliphatic heterocycles. The summed E-state index contributed by atoms with van der Waals surface area (Å²) >= 11 is 3.17. The Morgan fingerprint density at radius 3 is 2.85 bits per heavy atom. The number of hydrogen-bond donors (Lipinski definition) is 1. The quantitative estimate of drug-likeness (QED) is 0.798. The lowest BCUT2D eigenvalue weighted by Gasteiger charge is -2.31. The van der Waals surface area contributed by atoms with Crippen LogP contribution in [0.15, 0.2) is 21.4 Å². The van der Waals surface area contributed by atoms with Gasteiger partial charge in [0.05, 0.1) is 21.4 Å². The number of fused-ring (bicyclic) bond motifs is 1. The molecule has 2 heterocycles. The molecule has 0 saturated carbocycles. The summed E-state index contributed by atoms with van der Waals surface area (Å²) in [5, 5.41) is 3.88. The molecule has 1 atom stereocenters. The Kier molecular flexibility index (Phi) is 6.42. The lowest BCUT2D eigenvalue weighted by molar-refractivity contribution is 0.185. The van der Waals surface area contributed by atoms with E-state index in [1.807, 2.05) is 6.92 Å². The molecule has 3 rings (SSSR count). The Balaban J connectivity index is 2.16. The smallest absolute Gasteiger partial charge is 0.261 e. The molecule has 5 nitrogen and oxygen atoms in total. The van der Waals surface area contributed by atoms with E-state index in [9.17, 15) is 9.18 Å². The molecule has 2 aromatic rings. The third-order valence-corrected chi connectivity index (χ3v) is 5.63. The van der Waals surface area contributed by atoms with E-state index in [0.29, 0.717) is 21.9 Å². The van der Waals surface area contributed by atoms with Crippen LogP contribution in [0, 0.1) is 5.82 Å². The van der Waals surface area contributed by atoms with Gasteiger partial charge in [-0.1, -0.05) is 13.3 Å². The highest BCUT2D eigenvalue weighted by atomic mass is 79.9. The van der Waals surface area contributed by atoms with Crippen LogP contribution in [0.4, 0.5) is 4.39 Å². The van der Waals surface area contributed by atoms with Crippen LogP contribution in [0.3, 0.4) is 0 Å². The average molecular weight is 425 g/mol. The number of nitrogens with zero attached hydrogens (tertiary/aromatic N) is 3. The van der Waals surface area contributed by atoms with Gasteiger partial charge in [0, 0.05) is 32.2 Å². The maximum Gasteiger partial charge on any atom is 0.261 e. The number of hydrogen-bond acceptors (Lipinski definition) is 4. The first kappa shape index (κ1) is 19.5. The lowest BCUT2D eigenvalue weighted by Crippen LogP contribution is -2.37. The molecule has 142 valence electrons. The van der Waals surface area contributed by atoms with Crippen LogP contribution in [-0.2, 0) is 6.54 Å². The molecule has 26 heavy (non-hydrogen) atoms. The van der Waals surface area contributed by atoms with Crippen molar-refractivity contribution >= 4 is 26.8 Å². The summed E-state index contributed by atoms with van der Waals surface area (Å²) in [5.41, 5.74) is 0.340. The van der Waals surface area contributed by atoms with Crippen molar-refractivity contribution < 1.29 is 4.39 Å². The van der Waals surface area contributed by atoms with Gasteiger partial charge in [0.15, 0.2) is 0 Å². The fourth-order valence-electron chi connectivity index (χ4n) is 3.72. The fourth-order valence-corrected chi connectivity index (χ4v) is 4.06. The van der Waals surface area contributed by atoms with Crippen LogP contribution < -0.4 is 10.9 Å². The van der Waals surface area contributed by atoms with E-state index in [4.69, 9.17) is 4.98 Å². The first-order valence-corrected chi connectivity index (χ1v) is 10.2. The van der Waals surface area contributed by atoms with Crippen molar-refractivity contribution in [2.24, 2.45) is 0 Å². The van der Waals surface area contributed by atoms with E-state index in [1.54, 1.807) is 10.6 Å². The third-order valence-electron chi connectivity index (χ3n) is 5.02. The zero-order valence-electron chi connectivity index (χ0n) is 15.4. The first-order valence-electron chi connectivity index (χ1n) is 9.41. The maximum absolute atomic E-state index is 14.0. The second-order valence-electron chi connectivity index (χ2n) is 6.75. The van der Waals surface area contributed by atoms with Crippen LogP contribution in [0.5, 0.6) is 0 Å². The molecule has 7 heteroatoms. The minimum absolute atomic E-state index is 0.0728. The number of aromatic nitrogens is 2. The van der Waals surface area contributed by atoms with Gasteiger partial charge in [-0.05, 0) is 48.3 Å². The molecule has 0 unspecified atom stereocenters. The van der Waals surface area contributed by atoms with Crippen molar-refractivity contribution in [2.45, 2.75) is 45.7 Å². The summed E-state index contributed by atoms with van der Waals surface area (Å²) in [6.45, 7) is 8.52. The lowest BCUT2D eigenvalue weighted by atomic mass is 10.1. The summed E-state index contributed by atoms with van der Waals surface area (Å²) in [6.07, 6.45) is 3.00. The molecule has 0 radical (unpaired) electrons. The molecule has 0 aliphatic carbocycles. The first-order chi connectivity index (χ1) is 12.6. The minimum atomic E-state index is -0.393. The van der Waals surface area contributed by atoms with Crippen LogP contribution in [0.1, 0.15) is 45.0 Å². The SMILES string of the molecule is CCC[C@@H](c1nc2cc(F)c(Br)cc2c(=O)n1CC)N1CCCNCC1. The zero-order chi connectivity index (χ0) is 18.7. The normalized spacial score (nSPS) is 17.4. The van der Waals surface area contributed by atoms with Crippen LogP contribution >= 0.6 is 15.9 Å². The van der Waals surface area contributed by atoms with Crippen LogP contribution in [0.25, 0.3) is 10.9 Å². The van der Waals surface area contributed by atoms with Gasteiger partial charge < -0.3 is 5.32 Å². The summed E-state index contributed by atoms with van der Waals surface area (Å²) in [7, 11) is 0. The Hall–Kier alpha value is -1.31. The van der Waals surface area contributed by atoms with Crippen molar-refractivity contribution in [3.05, 3.63) is 38.6 Å². The van der Waals surface area contributed by atoms with E-state index in [-0.39, 0.29) is 11.6 Å². The van der Waals surface area contributed by atoms with Gasteiger partial charge in [-0.2, -0.15) is 0 Å². The van der Waals surface area contributed by atoms with Crippen LogP contribution in [0.2, 0.25) is 0 Å². The highest BCUT2D eigenvalue weighted by Gasteiger charge is 2.26. The minimum Gasteiger partial charge on any atom is -0.315 e. The van der Waals surface area contributed by atoms with E-state index in [1.165, 1.54) is 6.07 Å². The van der Waals surface area contributed by atoms with Crippen molar-refractivity contribution in [3.8, 4) is 0 Å².